The van der Waals surface area contributed by atoms with Crippen molar-refractivity contribution >= 4 is 34.6 Å². The van der Waals surface area contributed by atoms with Gasteiger partial charge in [0.1, 0.15) is 22.7 Å². The van der Waals surface area contributed by atoms with Gasteiger partial charge in [0.05, 0.1) is 22.1 Å². The summed E-state index contributed by atoms with van der Waals surface area (Å²) in [5.74, 6) is -1.06. The summed E-state index contributed by atoms with van der Waals surface area (Å²) in [7, 11) is 0. The zero-order valence-corrected chi connectivity index (χ0v) is 14.9. The molecule has 2 aliphatic heterocycles. The molecule has 26 heavy (non-hydrogen) atoms. The smallest absolute Gasteiger partial charge is 0.339 e. The number of hydrogen-bond donors (Lipinski definition) is 4. The van der Waals surface area contributed by atoms with Crippen LogP contribution in [0.3, 0.4) is 0 Å². The van der Waals surface area contributed by atoms with E-state index >= 15 is 0 Å². The molecule has 0 aromatic heterocycles. The van der Waals surface area contributed by atoms with Crippen LogP contribution in [-0.4, -0.2) is 23.0 Å². The molecular formula is C18H17ClFN3O3. The molecule has 2 aromatic carbocycles. The lowest BCUT2D eigenvalue weighted by Crippen LogP contribution is -2.31. The van der Waals surface area contributed by atoms with Crippen molar-refractivity contribution in [3.05, 3.63) is 46.2 Å². The fraction of sp³-hybridized carbons (Fsp3) is 0.278. The van der Waals surface area contributed by atoms with Crippen LogP contribution in [0.5, 0.6) is 5.75 Å². The predicted molar refractivity (Wildman–Crippen MR) is 97.9 cm³/mol. The van der Waals surface area contributed by atoms with E-state index in [2.05, 4.69) is 16.0 Å². The first-order valence-corrected chi connectivity index (χ1v) is 8.48. The number of anilines is 3. The van der Waals surface area contributed by atoms with Crippen LogP contribution in [0.2, 0.25) is 5.02 Å². The van der Waals surface area contributed by atoms with Crippen LogP contribution in [0.25, 0.3) is 0 Å². The minimum absolute atomic E-state index is 0.124. The highest BCUT2D eigenvalue weighted by molar-refractivity contribution is 6.33. The second-order valence-corrected chi connectivity index (χ2v) is 7.40. The van der Waals surface area contributed by atoms with E-state index in [-0.39, 0.29) is 10.6 Å². The van der Waals surface area contributed by atoms with E-state index in [1.165, 1.54) is 12.1 Å². The van der Waals surface area contributed by atoms with E-state index in [9.17, 15) is 14.3 Å². The number of carboxylic acids is 1. The number of fused-ring (bicyclic) bond motifs is 3. The molecule has 8 heteroatoms. The lowest BCUT2D eigenvalue weighted by atomic mass is 9.98. The van der Waals surface area contributed by atoms with Gasteiger partial charge in [-0.25, -0.2) is 9.18 Å². The van der Waals surface area contributed by atoms with E-state index in [1.807, 2.05) is 13.8 Å². The molecule has 2 aliphatic rings. The summed E-state index contributed by atoms with van der Waals surface area (Å²) in [6, 6.07) is 5.64. The van der Waals surface area contributed by atoms with Crippen LogP contribution in [0.4, 0.5) is 21.5 Å². The number of ether oxygens (including phenoxy) is 1. The monoisotopic (exact) mass is 377 g/mol. The third-order valence-corrected chi connectivity index (χ3v) is 4.72. The predicted octanol–water partition coefficient (Wildman–Crippen LogP) is 4.12. The van der Waals surface area contributed by atoms with Gasteiger partial charge in [-0.1, -0.05) is 11.6 Å². The number of carboxylic acid groups (broad SMARTS) is 1. The molecular weight excluding hydrogens is 361 g/mol. The maximum atomic E-state index is 13.2. The molecule has 1 atom stereocenters. The van der Waals surface area contributed by atoms with Crippen LogP contribution in [0, 0.1) is 5.82 Å². The molecule has 2 aromatic rings. The first-order valence-electron chi connectivity index (χ1n) is 8.10. The maximum absolute atomic E-state index is 13.2. The van der Waals surface area contributed by atoms with Crippen molar-refractivity contribution in [2.75, 3.05) is 16.0 Å². The zero-order valence-electron chi connectivity index (χ0n) is 14.1. The number of carbonyl (C=O) groups is 1. The number of aromatic carboxylic acids is 1. The van der Waals surface area contributed by atoms with Crippen molar-refractivity contribution in [1.82, 2.24) is 0 Å². The average molecular weight is 378 g/mol. The molecule has 0 amide bonds. The minimum Gasteiger partial charge on any atom is -0.486 e. The summed E-state index contributed by atoms with van der Waals surface area (Å²) in [5, 5.41) is 19.4. The highest BCUT2D eigenvalue weighted by Crippen LogP contribution is 2.47. The molecule has 4 N–H and O–H groups in total. The number of rotatable bonds is 3. The Labute approximate surface area is 154 Å². The molecule has 6 nitrogen and oxygen atoms in total. The highest BCUT2D eigenvalue weighted by atomic mass is 35.5. The Kier molecular flexibility index (Phi) is 3.66. The SMILES string of the molecule is CC1(C)Cc2c3c(cc(C(=O)O)c2O1)NC(Nc1ccc(F)cc1Cl)N3. The van der Waals surface area contributed by atoms with Gasteiger partial charge in [-0.15, -0.1) is 0 Å². The molecule has 0 aliphatic carbocycles. The molecule has 0 saturated heterocycles. The Hall–Kier alpha value is -2.67. The molecule has 136 valence electrons. The van der Waals surface area contributed by atoms with Gasteiger partial charge in [-0.3, -0.25) is 0 Å². The largest absolute Gasteiger partial charge is 0.486 e. The Morgan fingerprint density at radius 3 is 2.85 bits per heavy atom. The Morgan fingerprint density at radius 2 is 2.15 bits per heavy atom. The quantitative estimate of drug-likeness (QED) is 0.644. The molecule has 1 unspecified atom stereocenters. The third kappa shape index (κ3) is 2.78. The van der Waals surface area contributed by atoms with Gasteiger partial charge in [-0.05, 0) is 38.1 Å². The molecule has 0 spiro atoms. The van der Waals surface area contributed by atoms with Gasteiger partial charge in [0.15, 0.2) is 6.29 Å². The van der Waals surface area contributed by atoms with Crippen molar-refractivity contribution in [3.8, 4) is 5.75 Å². The summed E-state index contributed by atoms with van der Waals surface area (Å²) in [6.07, 6.45) is 0.162. The van der Waals surface area contributed by atoms with Gasteiger partial charge in [0.2, 0.25) is 0 Å². The highest BCUT2D eigenvalue weighted by Gasteiger charge is 2.39. The van der Waals surface area contributed by atoms with E-state index in [4.69, 9.17) is 16.3 Å². The van der Waals surface area contributed by atoms with Crippen molar-refractivity contribution < 1.29 is 19.0 Å². The first kappa shape index (κ1) is 16.8. The third-order valence-electron chi connectivity index (χ3n) is 4.41. The second-order valence-electron chi connectivity index (χ2n) is 6.99. The van der Waals surface area contributed by atoms with Gasteiger partial charge in [0, 0.05) is 12.0 Å². The minimum atomic E-state index is -1.04. The fourth-order valence-corrected chi connectivity index (χ4v) is 3.57. The second kappa shape index (κ2) is 5.67. The van der Waals surface area contributed by atoms with E-state index in [1.54, 1.807) is 12.1 Å². The van der Waals surface area contributed by atoms with Crippen molar-refractivity contribution in [2.45, 2.75) is 32.2 Å². The molecule has 0 radical (unpaired) electrons. The molecule has 4 rings (SSSR count). The van der Waals surface area contributed by atoms with Gasteiger partial charge in [-0.2, -0.15) is 0 Å². The van der Waals surface area contributed by atoms with E-state index in [0.29, 0.717) is 23.5 Å². The molecule has 0 fully saturated rings. The normalized spacial score (nSPS) is 19.0. The summed E-state index contributed by atoms with van der Waals surface area (Å²) < 4.78 is 19.1. The molecule has 0 saturated carbocycles. The van der Waals surface area contributed by atoms with Crippen LogP contribution in [0.1, 0.15) is 29.8 Å². The number of nitrogens with one attached hydrogen (secondary N) is 3. The van der Waals surface area contributed by atoms with Gasteiger partial charge < -0.3 is 25.8 Å². The zero-order chi connectivity index (χ0) is 18.6. The first-order chi connectivity index (χ1) is 12.2. The van der Waals surface area contributed by atoms with Crippen LogP contribution < -0.4 is 20.7 Å². The van der Waals surface area contributed by atoms with Crippen LogP contribution >= 0.6 is 11.6 Å². The Balaban J connectivity index is 1.66. The standard InChI is InChI=1S/C18H17ClFN3O3/c1-18(2)7-10-14-13(6-9(16(24)25)15(10)26-18)22-17(23-14)21-12-4-3-8(20)5-11(12)19/h3-6,17,21-23H,7H2,1-2H3,(H,24,25). The van der Waals surface area contributed by atoms with Crippen molar-refractivity contribution in [1.29, 1.82) is 0 Å². The maximum Gasteiger partial charge on any atom is 0.339 e. The number of hydrogen-bond acceptors (Lipinski definition) is 5. The van der Waals surface area contributed by atoms with Crippen LogP contribution in [-0.2, 0) is 6.42 Å². The average Bonchev–Trinajstić information content (AvgIpc) is 3.08. The lowest BCUT2D eigenvalue weighted by molar-refractivity contribution is 0.0685. The fourth-order valence-electron chi connectivity index (χ4n) is 3.35. The summed E-state index contributed by atoms with van der Waals surface area (Å²) in [4.78, 5) is 11.6. The lowest BCUT2D eigenvalue weighted by Gasteiger charge is -2.18. The Morgan fingerprint density at radius 1 is 1.38 bits per heavy atom. The van der Waals surface area contributed by atoms with Gasteiger partial charge in [0.25, 0.3) is 0 Å². The number of halogens is 2. The van der Waals surface area contributed by atoms with Crippen molar-refractivity contribution in [2.24, 2.45) is 0 Å². The molecule has 0 bridgehead atoms. The summed E-state index contributed by atoms with van der Waals surface area (Å²) in [5.41, 5.74) is 2.49. The summed E-state index contributed by atoms with van der Waals surface area (Å²) in [6.45, 7) is 3.84. The van der Waals surface area contributed by atoms with Crippen LogP contribution in [0.15, 0.2) is 24.3 Å². The van der Waals surface area contributed by atoms with Gasteiger partial charge >= 0.3 is 5.97 Å². The topological polar surface area (TPSA) is 82.6 Å². The van der Waals surface area contributed by atoms with E-state index < -0.39 is 23.7 Å². The Bertz CT molecular complexity index is 932. The molecule has 2 heterocycles. The summed E-state index contributed by atoms with van der Waals surface area (Å²) >= 11 is 6.06. The van der Waals surface area contributed by atoms with E-state index in [0.717, 1.165) is 11.3 Å². The number of benzene rings is 2. The van der Waals surface area contributed by atoms with Crippen molar-refractivity contribution in [3.63, 3.8) is 0 Å².